The van der Waals surface area contributed by atoms with Crippen molar-refractivity contribution in [1.82, 2.24) is 0 Å². The first kappa shape index (κ1) is 10.9. The van der Waals surface area contributed by atoms with E-state index in [1.54, 1.807) is 18.2 Å². The normalized spacial score (nSPS) is 10.4. The first-order valence-electron chi connectivity index (χ1n) is 3.70. The summed E-state index contributed by atoms with van der Waals surface area (Å²) in [5.74, 6) is -1.03. The number of carboxylic acid groups (broad SMARTS) is 1. The van der Waals surface area contributed by atoms with Crippen molar-refractivity contribution < 1.29 is 9.90 Å². The van der Waals surface area contributed by atoms with Crippen LogP contribution in [0.1, 0.15) is 0 Å². The lowest BCUT2D eigenvalue weighted by molar-refractivity contribution is -0.131. The standard InChI is InChI=1S/C9H7Cl2NO2/c10-6-1-2-7(11)8(5-6)12-4-3-9(13)14/h1-5,12H,(H,13,14). The van der Waals surface area contributed by atoms with Crippen molar-refractivity contribution in [2.24, 2.45) is 0 Å². The second-order valence-corrected chi connectivity index (χ2v) is 3.28. The topological polar surface area (TPSA) is 49.3 Å². The largest absolute Gasteiger partial charge is 0.478 e. The average molecular weight is 232 g/mol. The highest BCUT2D eigenvalue weighted by Gasteiger charge is 1.98. The molecule has 0 saturated heterocycles. The van der Waals surface area contributed by atoms with Gasteiger partial charge in [-0.2, -0.15) is 0 Å². The maximum atomic E-state index is 10.2. The van der Waals surface area contributed by atoms with Gasteiger partial charge < -0.3 is 10.4 Å². The molecule has 0 aliphatic heterocycles. The van der Waals surface area contributed by atoms with Crippen LogP contribution in [0.2, 0.25) is 10.0 Å². The number of nitrogens with one attached hydrogen (secondary N) is 1. The van der Waals surface area contributed by atoms with E-state index < -0.39 is 5.97 Å². The summed E-state index contributed by atoms with van der Waals surface area (Å²) < 4.78 is 0. The summed E-state index contributed by atoms with van der Waals surface area (Å²) in [5.41, 5.74) is 0.566. The minimum atomic E-state index is -1.03. The summed E-state index contributed by atoms with van der Waals surface area (Å²) in [6.45, 7) is 0. The van der Waals surface area contributed by atoms with Gasteiger partial charge in [-0.05, 0) is 18.2 Å². The summed E-state index contributed by atoms with van der Waals surface area (Å²) in [5, 5.41) is 12.0. The number of halogens is 2. The van der Waals surface area contributed by atoms with Gasteiger partial charge in [-0.15, -0.1) is 0 Å². The summed E-state index contributed by atoms with van der Waals surface area (Å²) >= 11 is 11.5. The molecule has 5 heteroatoms. The fraction of sp³-hybridized carbons (Fsp3) is 0. The van der Waals surface area contributed by atoms with E-state index in [0.29, 0.717) is 15.7 Å². The van der Waals surface area contributed by atoms with Crippen LogP contribution in [0.5, 0.6) is 0 Å². The summed E-state index contributed by atoms with van der Waals surface area (Å²) in [4.78, 5) is 10.2. The van der Waals surface area contributed by atoms with Gasteiger partial charge in [0.2, 0.25) is 0 Å². The van der Waals surface area contributed by atoms with E-state index in [9.17, 15) is 4.79 Å². The molecule has 14 heavy (non-hydrogen) atoms. The molecule has 0 radical (unpaired) electrons. The number of rotatable bonds is 3. The van der Waals surface area contributed by atoms with Crippen molar-refractivity contribution >= 4 is 34.9 Å². The van der Waals surface area contributed by atoms with Crippen molar-refractivity contribution in [3.63, 3.8) is 0 Å². The molecule has 0 saturated carbocycles. The number of aliphatic carboxylic acids is 1. The van der Waals surface area contributed by atoms with E-state index in [-0.39, 0.29) is 0 Å². The smallest absolute Gasteiger partial charge is 0.329 e. The molecule has 0 atom stereocenters. The number of hydrogen-bond acceptors (Lipinski definition) is 2. The maximum absolute atomic E-state index is 10.2. The number of benzene rings is 1. The Morgan fingerprint density at radius 3 is 2.79 bits per heavy atom. The van der Waals surface area contributed by atoms with Crippen molar-refractivity contribution in [2.45, 2.75) is 0 Å². The van der Waals surface area contributed by atoms with Crippen LogP contribution in [0, 0.1) is 0 Å². The van der Waals surface area contributed by atoms with Crippen LogP contribution in [-0.4, -0.2) is 11.1 Å². The maximum Gasteiger partial charge on any atom is 0.329 e. The highest BCUT2D eigenvalue weighted by Crippen LogP contribution is 2.25. The predicted octanol–water partition coefficient (Wildman–Crippen LogP) is 3.00. The molecule has 0 aliphatic rings. The van der Waals surface area contributed by atoms with Gasteiger partial charge in [0.1, 0.15) is 0 Å². The molecular weight excluding hydrogens is 225 g/mol. The monoisotopic (exact) mass is 231 g/mol. The summed E-state index contributed by atoms with van der Waals surface area (Å²) in [6.07, 6.45) is 2.25. The Labute approximate surface area is 90.9 Å². The van der Waals surface area contributed by atoms with Crippen LogP contribution in [0.25, 0.3) is 0 Å². The average Bonchev–Trinajstić information content (AvgIpc) is 2.10. The summed E-state index contributed by atoms with van der Waals surface area (Å²) in [6, 6.07) is 4.88. The molecule has 0 heterocycles. The van der Waals surface area contributed by atoms with Gasteiger partial charge in [-0.25, -0.2) is 4.79 Å². The van der Waals surface area contributed by atoms with Crippen LogP contribution >= 0.6 is 23.2 Å². The first-order valence-corrected chi connectivity index (χ1v) is 4.46. The predicted molar refractivity (Wildman–Crippen MR) is 56.9 cm³/mol. The molecule has 0 spiro atoms. The SMILES string of the molecule is O=C(O)C=CNc1cc(Cl)ccc1Cl. The highest BCUT2D eigenvalue weighted by molar-refractivity contribution is 6.35. The van der Waals surface area contributed by atoms with E-state index in [4.69, 9.17) is 28.3 Å². The van der Waals surface area contributed by atoms with Crippen molar-refractivity contribution in [2.75, 3.05) is 5.32 Å². The third kappa shape index (κ3) is 3.28. The van der Waals surface area contributed by atoms with Crippen molar-refractivity contribution in [3.05, 3.63) is 40.5 Å². The Bertz CT molecular complexity index is 377. The van der Waals surface area contributed by atoms with Gasteiger partial charge >= 0.3 is 5.97 Å². The lowest BCUT2D eigenvalue weighted by atomic mass is 10.3. The fourth-order valence-electron chi connectivity index (χ4n) is 0.811. The lowest BCUT2D eigenvalue weighted by Gasteiger charge is -2.03. The minimum absolute atomic E-state index is 0.476. The molecule has 0 aromatic heterocycles. The van der Waals surface area contributed by atoms with Crippen LogP contribution in [0.15, 0.2) is 30.5 Å². The van der Waals surface area contributed by atoms with Crippen LogP contribution in [-0.2, 0) is 4.79 Å². The van der Waals surface area contributed by atoms with Gasteiger partial charge in [0.15, 0.2) is 0 Å². The molecule has 2 N–H and O–H groups in total. The second-order valence-electron chi connectivity index (χ2n) is 2.44. The van der Waals surface area contributed by atoms with E-state index in [0.717, 1.165) is 6.08 Å². The third-order valence-corrected chi connectivity index (χ3v) is 1.96. The molecule has 0 unspecified atom stereocenters. The third-order valence-electron chi connectivity index (χ3n) is 1.39. The minimum Gasteiger partial charge on any atom is -0.478 e. The van der Waals surface area contributed by atoms with Gasteiger partial charge in [0.25, 0.3) is 0 Å². The quantitative estimate of drug-likeness (QED) is 0.787. The molecule has 1 rings (SSSR count). The van der Waals surface area contributed by atoms with Gasteiger partial charge in [-0.3, -0.25) is 0 Å². The Morgan fingerprint density at radius 2 is 2.14 bits per heavy atom. The van der Waals surface area contributed by atoms with E-state index in [1.807, 2.05) is 0 Å². The first-order chi connectivity index (χ1) is 6.59. The number of carbonyl (C=O) groups is 1. The van der Waals surface area contributed by atoms with Crippen LogP contribution < -0.4 is 5.32 Å². The Kier molecular flexibility index (Phi) is 3.80. The molecule has 74 valence electrons. The van der Waals surface area contributed by atoms with E-state index in [2.05, 4.69) is 5.32 Å². The van der Waals surface area contributed by atoms with Crippen LogP contribution in [0.3, 0.4) is 0 Å². The highest BCUT2D eigenvalue weighted by atomic mass is 35.5. The zero-order chi connectivity index (χ0) is 10.6. The molecule has 0 bridgehead atoms. The zero-order valence-corrected chi connectivity index (χ0v) is 8.51. The molecule has 0 fully saturated rings. The Balaban J connectivity index is 2.76. The van der Waals surface area contributed by atoms with E-state index in [1.165, 1.54) is 6.20 Å². The lowest BCUT2D eigenvalue weighted by Crippen LogP contribution is -1.92. The molecule has 1 aromatic rings. The van der Waals surface area contributed by atoms with Gasteiger partial charge in [0.05, 0.1) is 10.7 Å². The second kappa shape index (κ2) is 4.88. The van der Waals surface area contributed by atoms with Gasteiger partial charge in [-0.1, -0.05) is 23.2 Å². The Morgan fingerprint density at radius 1 is 1.43 bits per heavy atom. The van der Waals surface area contributed by atoms with Gasteiger partial charge in [0, 0.05) is 17.3 Å². The molecule has 3 nitrogen and oxygen atoms in total. The van der Waals surface area contributed by atoms with Crippen LogP contribution in [0.4, 0.5) is 5.69 Å². The molecular formula is C9H7Cl2NO2. The number of anilines is 1. The fourth-order valence-corrected chi connectivity index (χ4v) is 1.16. The van der Waals surface area contributed by atoms with E-state index >= 15 is 0 Å². The zero-order valence-electron chi connectivity index (χ0n) is 7.00. The van der Waals surface area contributed by atoms with Crippen molar-refractivity contribution in [3.8, 4) is 0 Å². The molecule has 0 amide bonds. The molecule has 0 aliphatic carbocycles. The Hall–Kier alpha value is -1.19. The van der Waals surface area contributed by atoms with Crippen molar-refractivity contribution in [1.29, 1.82) is 0 Å². The number of carboxylic acids is 1. The molecule has 1 aromatic carbocycles. The number of hydrogen-bond donors (Lipinski definition) is 2. The summed E-state index contributed by atoms with van der Waals surface area (Å²) in [7, 11) is 0.